The number of anilines is 1. The summed E-state index contributed by atoms with van der Waals surface area (Å²) in [5.74, 6) is 0.302. The van der Waals surface area contributed by atoms with Crippen molar-refractivity contribution in [1.29, 1.82) is 0 Å². The van der Waals surface area contributed by atoms with Crippen molar-refractivity contribution in [3.8, 4) is 0 Å². The van der Waals surface area contributed by atoms with Gasteiger partial charge in [0.05, 0.1) is 4.88 Å². The van der Waals surface area contributed by atoms with Crippen molar-refractivity contribution in [1.82, 2.24) is 10.3 Å². The second kappa shape index (κ2) is 7.06. The van der Waals surface area contributed by atoms with E-state index in [2.05, 4.69) is 15.6 Å². The Balaban J connectivity index is 1.67. The maximum atomic E-state index is 12.3. The van der Waals surface area contributed by atoms with E-state index in [1.807, 2.05) is 19.2 Å². The van der Waals surface area contributed by atoms with Crippen LogP contribution in [0.25, 0.3) is 11.1 Å². The lowest BCUT2D eigenvalue weighted by atomic mass is 10.2. The molecule has 1 aromatic carbocycles. The summed E-state index contributed by atoms with van der Waals surface area (Å²) in [6, 6.07) is 8.14. The molecule has 0 aliphatic heterocycles. The standard InChI is InChI=1S/C18H19N3O3S/c1-10(2)18-21-13-9-12(6-7-14(13)24-18)20-16(22)11(3)19-17(23)15-5-4-8-25-15/h4-11H,1-3H3,(H,19,23)(H,20,22)/t11-/m0/s1. The molecule has 6 nitrogen and oxygen atoms in total. The zero-order chi connectivity index (χ0) is 18.0. The smallest absolute Gasteiger partial charge is 0.261 e. The number of benzene rings is 1. The molecule has 0 radical (unpaired) electrons. The largest absolute Gasteiger partial charge is 0.440 e. The van der Waals surface area contributed by atoms with Crippen LogP contribution in [0.3, 0.4) is 0 Å². The van der Waals surface area contributed by atoms with E-state index in [4.69, 9.17) is 4.42 Å². The number of carbonyl (C=O) groups excluding carboxylic acids is 2. The average Bonchev–Trinajstić information content (AvgIpc) is 3.23. The van der Waals surface area contributed by atoms with Crippen LogP contribution >= 0.6 is 11.3 Å². The molecule has 0 spiro atoms. The number of nitrogens with zero attached hydrogens (tertiary/aromatic N) is 1. The first kappa shape index (κ1) is 17.2. The first-order valence-electron chi connectivity index (χ1n) is 7.99. The second-order valence-corrected chi connectivity index (χ2v) is 7.00. The lowest BCUT2D eigenvalue weighted by molar-refractivity contribution is -0.117. The lowest BCUT2D eigenvalue weighted by Crippen LogP contribution is -2.41. The molecule has 2 N–H and O–H groups in total. The van der Waals surface area contributed by atoms with Crippen LogP contribution in [0.2, 0.25) is 0 Å². The predicted molar refractivity (Wildman–Crippen MR) is 98.0 cm³/mol. The first-order chi connectivity index (χ1) is 11.9. The van der Waals surface area contributed by atoms with Crippen LogP contribution in [0.5, 0.6) is 0 Å². The van der Waals surface area contributed by atoms with Gasteiger partial charge in [-0.2, -0.15) is 0 Å². The molecule has 1 atom stereocenters. The molecule has 0 aliphatic carbocycles. The van der Waals surface area contributed by atoms with Gasteiger partial charge >= 0.3 is 0 Å². The quantitative estimate of drug-likeness (QED) is 0.728. The van der Waals surface area contributed by atoms with E-state index in [1.165, 1.54) is 11.3 Å². The molecule has 25 heavy (non-hydrogen) atoms. The predicted octanol–water partition coefficient (Wildman–Crippen LogP) is 3.77. The highest BCUT2D eigenvalue weighted by atomic mass is 32.1. The third kappa shape index (κ3) is 3.88. The zero-order valence-electron chi connectivity index (χ0n) is 14.2. The van der Waals surface area contributed by atoms with Gasteiger partial charge in [-0.3, -0.25) is 9.59 Å². The number of amides is 2. The molecule has 0 unspecified atom stereocenters. The van der Waals surface area contributed by atoms with E-state index in [-0.39, 0.29) is 17.7 Å². The highest BCUT2D eigenvalue weighted by Crippen LogP contribution is 2.23. The normalized spacial score (nSPS) is 12.3. The van der Waals surface area contributed by atoms with Gasteiger partial charge in [0, 0.05) is 11.6 Å². The summed E-state index contributed by atoms with van der Waals surface area (Å²) in [7, 11) is 0. The molecule has 3 rings (SSSR count). The zero-order valence-corrected chi connectivity index (χ0v) is 15.0. The van der Waals surface area contributed by atoms with E-state index >= 15 is 0 Å². The van der Waals surface area contributed by atoms with Crippen molar-refractivity contribution < 1.29 is 14.0 Å². The molecular weight excluding hydrogens is 338 g/mol. The number of carbonyl (C=O) groups is 2. The Morgan fingerprint density at radius 1 is 1.20 bits per heavy atom. The molecule has 2 heterocycles. The number of thiophene rings is 1. The highest BCUT2D eigenvalue weighted by Gasteiger charge is 2.18. The van der Waals surface area contributed by atoms with E-state index in [1.54, 1.807) is 37.3 Å². The summed E-state index contributed by atoms with van der Waals surface area (Å²) in [5.41, 5.74) is 1.98. The van der Waals surface area contributed by atoms with E-state index in [9.17, 15) is 9.59 Å². The summed E-state index contributed by atoms with van der Waals surface area (Å²) < 4.78 is 5.65. The second-order valence-electron chi connectivity index (χ2n) is 6.05. The van der Waals surface area contributed by atoms with Crippen LogP contribution in [-0.2, 0) is 4.79 Å². The van der Waals surface area contributed by atoms with Crippen molar-refractivity contribution in [2.75, 3.05) is 5.32 Å². The van der Waals surface area contributed by atoms with E-state index in [0.29, 0.717) is 27.6 Å². The van der Waals surface area contributed by atoms with Crippen LogP contribution in [0, 0.1) is 0 Å². The van der Waals surface area contributed by atoms with Crippen molar-refractivity contribution >= 4 is 39.9 Å². The minimum Gasteiger partial charge on any atom is -0.440 e. The average molecular weight is 357 g/mol. The molecule has 0 saturated heterocycles. The van der Waals surface area contributed by atoms with Crippen LogP contribution in [0.15, 0.2) is 40.1 Å². The van der Waals surface area contributed by atoms with Crippen LogP contribution in [0.4, 0.5) is 5.69 Å². The summed E-state index contributed by atoms with van der Waals surface area (Å²) >= 11 is 1.33. The summed E-state index contributed by atoms with van der Waals surface area (Å²) in [4.78, 5) is 29.3. The van der Waals surface area contributed by atoms with Crippen molar-refractivity contribution in [2.45, 2.75) is 32.7 Å². The fourth-order valence-electron chi connectivity index (χ4n) is 2.26. The fourth-order valence-corrected chi connectivity index (χ4v) is 2.89. The summed E-state index contributed by atoms with van der Waals surface area (Å²) in [6.07, 6.45) is 0. The van der Waals surface area contributed by atoms with Crippen molar-refractivity contribution in [3.63, 3.8) is 0 Å². The number of rotatable bonds is 5. The molecule has 130 valence electrons. The van der Waals surface area contributed by atoms with Crippen molar-refractivity contribution in [3.05, 3.63) is 46.5 Å². The Morgan fingerprint density at radius 3 is 2.68 bits per heavy atom. The third-order valence-electron chi connectivity index (χ3n) is 3.65. The van der Waals surface area contributed by atoms with Gasteiger partial charge in [-0.05, 0) is 36.6 Å². The molecule has 2 aromatic heterocycles. The van der Waals surface area contributed by atoms with Gasteiger partial charge in [-0.1, -0.05) is 19.9 Å². The van der Waals surface area contributed by atoms with Gasteiger partial charge in [0.15, 0.2) is 11.5 Å². The number of nitrogens with one attached hydrogen (secondary N) is 2. The Bertz CT molecular complexity index is 900. The van der Waals surface area contributed by atoms with E-state index in [0.717, 1.165) is 0 Å². The summed E-state index contributed by atoms with van der Waals surface area (Å²) in [6.45, 7) is 5.66. The van der Waals surface area contributed by atoms with Crippen LogP contribution < -0.4 is 10.6 Å². The number of oxazole rings is 1. The number of hydrogen-bond donors (Lipinski definition) is 2. The topological polar surface area (TPSA) is 84.2 Å². The lowest BCUT2D eigenvalue weighted by Gasteiger charge is -2.13. The minimum atomic E-state index is -0.658. The van der Waals surface area contributed by atoms with Gasteiger partial charge in [-0.15, -0.1) is 11.3 Å². The maximum absolute atomic E-state index is 12.3. The highest BCUT2D eigenvalue weighted by molar-refractivity contribution is 7.12. The van der Waals surface area contributed by atoms with E-state index < -0.39 is 6.04 Å². The van der Waals surface area contributed by atoms with Gasteiger partial charge < -0.3 is 15.1 Å². The van der Waals surface area contributed by atoms with Gasteiger partial charge in [0.1, 0.15) is 11.6 Å². The molecule has 7 heteroatoms. The number of hydrogen-bond acceptors (Lipinski definition) is 5. The van der Waals surface area contributed by atoms with Gasteiger partial charge in [0.2, 0.25) is 5.91 Å². The Hall–Kier alpha value is -2.67. The molecule has 0 fully saturated rings. The van der Waals surface area contributed by atoms with Crippen LogP contribution in [-0.4, -0.2) is 22.8 Å². The molecule has 2 amide bonds. The molecule has 0 saturated carbocycles. The summed E-state index contributed by atoms with van der Waals surface area (Å²) in [5, 5.41) is 7.29. The van der Waals surface area contributed by atoms with Crippen molar-refractivity contribution in [2.24, 2.45) is 0 Å². The SMILES string of the molecule is CC(C)c1nc2cc(NC(=O)[C@H](C)NC(=O)c3cccs3)ccc2o1. The Labute approximate surface area is 149 Å². The third-order valence-corrected chi connectivity index (χ3v) is 4.52. The number of fused-ring (bicyclic) bond motifs is 1. The molecule has 3 aromatic rings. The Morgan fingerprint density at radius 2 is 2.00 bits per heavy atom. The first-order valence-corrected chi connectivity index (χ1v) is 8.87. The monoisotopic (exact) mass is 357 g/mol. The number of aromatic nitrogens is 1. The maximum Gasteiger partial charge on any atom is 0.261 e. The van der Waals surface area contributed by atoms with Crippen LogP contribution in [0.1, 0.15) is 42.3 Å². The minimum absolute atomic E-state index is 0.193. The van der Waals surface area contributed by atoms with Gasteiger partial charge in [-0.25, -0.2) is 4.98 Å². The molecule has 0 bridgehead atoms. The fraction of sp³-hybridized carbons (Fsp3) is 0.278. The molecule has 0 aliphatic rings. The Kier molecular flexibility index (Phi) is 4.85. The molecular formula is C18H19N3O3S. The van der Waals surface area contributed by atoms with Gasteiger partial charge in [0.25, 0.3) is 5.91 Å².